The number of rotatable bonds is 5. The summed E-state index contributed by atoms with van der Waals surface area (Å²) in [4.78, 5) is 38.2. The van der Waals surface area contributed by atoms with E-state index in [-0.39, 0.29) is 41.1 Å². The van der Waals surface area contributed by atoms with E-state index in [0.29, 0.717) is 10.8 Å². The summed E-state index contributed by atoms with van der Waals surface area (Å²) >= 11 is 0. The normalized spacial score (nSPS) is 29.7. The van der Waals surface area contributed by atoms with Gasteiger partial charge < -0.3 is 10.6 Å². The van der Waals surface area contributed by atoms with Crippen LogP contribution in [0.15, 0.2) is 29.1 Å². The molecule has 1 aromatic heterocycles. The van der Waals surface area contributed by atoms with Crippen molar-refractivity contribution >= 4 is 22.6 Å². The smallest absolute Gasteiger partial charge is 0.275 e. The van der Waals surface area contributed by atoms with Gasteiger partial charge in [-0.15, -0.1) is 0 Å². The van der Waals surface area contributed by atoms with Gasteiger partial charge in [0.15, 0.2) is 5.69 Å². The lowest BCUT2D eigenvalue weighted by Crippen LogP contribution is -2.56. The monoisotopic (exact) mass is 422 g/mol. The Morgan fingerprint density at radius 1 is 1.10 bits per heavy atom. The van der Waals surface area contributed by atoms with Gasteiger partial charge in [0.1, 0.15) is 6.54 Å². The molecule has 0 aliphatic heterocycles. The molecule has 0 spiro atoms. The van der Waals surface area contributed by atoms with E-state index in [1.54, 1.807) is 24.3 Å². The summed E-state index contributed by atoms with van der Waals surface area (Å²) < 4.78 is 1.12. The van der Waals surface area contributed by atoms with E-state index in [4.69, 9.17) is 0 Å². The second-order valence-corrected chi connectivity index (χ2v) is 10.0. The predicted octanol–water partition coefficient (Wildman–Crippen LogP) is 2.48. The van der Waals surface area contributed by atoms with Crippen LogP contribution in [-0.2, 0) is 11.3 Å². The van der Waals surface area contributed by atoms with E-state index in [9.17, 15) is 14.4 Å². The summed E-state index contributed by atoms with van der Waals surface area (Å²) in [5, 5.41) is 10.9. The molecule has 7 heteroatoms. The fourth-order valence-corrected chi connectivity index (χ4v) is 6.91. The van der Waals surface area contributed by atoms with Gasteiger partial charge in [-0.05, 0) is 74.7 Å². The van der Waals surface area contributed by atoms with Gasteiger partial charge in [0.25, 0.3) is 11.5 Å². The summed E-state index contributed by atoms with van der Waals surface area (Å²) in [5.74, 6) is 1.82. The quantitative estimate of drug-likeness (QED) is 0.774. The first-order chi connectivity index (χ1) is 14.9. The highest BCUT2D eigenvalue weighted by molar-refractivity contribution is 6.04. The fourth-order valence-electron chi connectivity index (χ4n) is 6.91. The van der Waals surface area contributed by atoms with Gasteiger partial charge in [0.2, 0.25) is 5.91 Å². The number of amides is 2. The van der Waals surface area contributed by atoms with Gasteiger partial charge >= 0.3 is 0 Å². The van der Waals surface area contributed by atoms with Crippen molar-refractivity contribution in [1.82, 2.24) is 20.4 Å². The molecule has 2 amide bonds. The third kappa shape index (κ3) is 3.44. The second-order valence-electron chi connectivity index (χ2n) is 10.0. The first-order valence-electron chi connectivity index (χ1n) is 11.4. The zero-order valence-electron chi connectivity index (χ0n) is 18.2. The molecule has 1 atom stereocenters. The van der Waals surface area contributed by atoms with Crippen LogP contribution in [0, 0.1) is 23.2 Å². The average Bonchev–Trinajstić information content (AvgIpc) is 2.74. The number of hydrogen-bond acceptors (Lipinski definition) is 4. The lowest BCUT2D eigenvalue weighted by molar-refractivity contribution is -0.126. The SMILES string of the molecule is CNC(=O)c1nn(CC(=O)NC(C)C23CC4CC(CC(C4)C2)C3)c(=O)c2ccccc12. The summed E-state index contributed by atoms with van der Waals surface area (Å²) in [6.45, 7) is 1.93. The Morgan fingerprint density at radius 3 is 2.26 bits per heavy atom. The topological polar surface area (TPSA) is 93.1 Å². The first-order valence-corrected chi connectivity index (χ1v) is 11.4. The van der Waals surface area contributed by atoms with Crippen LogP contribution in [-0.4, -0.2) is 34.7 Å². The van der Waals surface area contributed by atoms with Gasteiger partial charge in [0, 0.05) is 18.5 Å². The van der Waals surface area contributed by atoms with Gasteiger partial charge in [-0.2, -0.15) is 5.10 Å². The van der Waals surface area contributed by atoms with Crippen LogP contribution in [0.25, 0.3) is 10.8 Å². The van der Waals surface area contributed by atoms with Crippen LogP contribution in [0.3, 0.4) is 0 Å². The zero-order chi connectivity index (χ0) is 21.8. The molecule has 1 unspecified atom stereocenters. The molecule has 164 valence electrons. The Balaban J connectivity index is 1.38. The molecule has 2 aromatic rings. The Labute approximate surface area is 181 Å². The van der Waals surface area contributed by atoms with Crippen molar-refractivity contribution in [2.75, 3.05) is 7.05 Å². The molecule has 7 nitrogen and oxygen atoms in total. The summed E-state index contributed by atoms with van der Waals surface area (Å²) in [6, 6.07) is 6.95. The molecule has 4 aliphatic carbocycles. The molecular weight excluding hydrogens is 392 g/mol. The van der Waals surface area contributed by atoms with Gasteiger partial charge in [-0.3, -0.25) is 14.4 Å². The van der Waals surface area contributed by atoms with Crippen LogP contribution in [0.4, 0.5) is 0 Å². The van der Waals surface area contributed by atoms with E-state index < -0.39 is 0 Å². The first kappa shape index (κ1) is 20.2. The van der Waals surface area contributed by atoms with Crippen LogP contribution in [0.5, 0.6) is 0 Å². The third-order valence-electron chi connectivity index (χ3n) is 7.98. The highest BCUT2D eigenvalue weighted by Crippen LogP contribution is 2.61. The Kier molecular flexibility index (Phi) is 4.87. The minimum Gasteiger partial charge on any atom is -0.354 e. The minimum absolute atomic E-state index is 0.0722. The van der Waals surface area contributed by atoms with Crippen molar-refractivity contribution in [2.45, 2.75) is 58.0 Å². The Hall–Kier alpha value is -2.70. The molecule has 0 radical (unpaired) electrons. The fraction of sp³-hybridized carbons (Fsp3) is 0.583. The Bertz CT molecular complexity index is 1070. The average molecular weight is 423 g/mol. The number of fused-ring (bicyclic) bond motifs is 1. The van der Waals surface area contributed by atoms with E-state index in [0.717, 1.165) is 22.4 Å². The summed E-state index contributed by atoms with van der Waals surface area (Å²) in [6.07, 6.45) is 7.69. The van der Waals surface area contributed by atoms with E-state index in [1.165, 1.54) is 45.6 Å². The van der Waals surface area contributed by atoms with Crippen molar-refractivity contribution in [3.05, 3.63) is 40.3 Å². The molecule has 4 saturated carbocycles. The maximum absolute atomic E-state index is 12.9. The number of carbonyl (C=O) groups is 2. The number of aromatic nitrogens is 2. The number of nitrogens with one attached hydrogen (secondary N) is 2. The van der Waals surface area contributed by atoms with E-state index in [1.807, 2.05) is 0 Å². The Morgan fingerprint density at radius 2 is 1.68 bits per heavy atom. The minimum atomic E-state index is -0.382. The lowest BCUT2D eigenvalue weighted by atomic mass is 9.48. The summed E-state index contributed by atoms with van der Waals surface area (Å²) in [5.41, 5.74) is -0.0140. The van der Waals surface area contributed by atoms with Crippen LogP contribution < -0.4 is 16.2 Å². The molecule has 1 heterocycles. The van der Waals surface area contributed by atoms with Crippen LogP contribution >= 0.6 is 0 Å². The van der Waals surface area contributed by atoms with Crippen LogP contribution in [0.1, 0.15) is 55.9 Å². The van der Waals surface area contributed by atoms with Crippen LogP contribution in [0.2, 0.25) is 0 Å². The third-order valence-corrected chi connectivity index (χ3v) is 7.98. The molecule has 0 saturated heterocycles. The maximum atomic E-state index is 12.9. The van der Waals surface area contributed by atoms with Crippen molar-refractivity contribution in [1.29, 1.82) is 0 Å². The number of hydrogen-bond donors (Lipinski definition) is 2. The zero-order valence-corrected chi connectivity index (χ0v) is 18.2. The molecule has 6 rings (SSSR count). The molecule has 2 N–H and O–H groups in total. The number of nitrogens with zero attached hydrogens (tertiary/aromatic N) is 2. The van der Waals surface area contributed by atoms with E-state index in [2.05, 4.69) is 22.7 Å². The van der Waals surface area contributed by atoms with Crippen molar-refractivity contribution < 1.29 is 9.59 Å². The number of benzene rings is 1. The highest BCUT2D eigenvalue weighted by Gasteiger charge is 2.53. The molecule has 1 aromatic carbocycles. The summed E-state index contributed by atoms with van der Waals surface area (Å²) in [7, 11) is 1.52. The molecular formula is C24H30N4O3. The largest absolute Gasteiger partial charge is 0.354 e. The second kappa shape index (κ2) is 7.46. The lowest BCUT2D eigenvalue weighted by Gasteiger charge is -2.59. The van der Waals surface area contributed by atoms with Gasteiger partial charge in [0.05, 0.1) is 5.39 Å². The van der Waals surface area contributed by atoms with Gasteiger partial charge in [-0.1, -0.05) is 18.2 Å². The molecule has 4 bridgehead atoms. The predicted molar refractivity (Wildman–Crippen MR) is 118 cm³/mol. The highest BCUT2D eigenvalue weighted by atomic mass is 16.2. The molecule has 4 fully saturated rings. The standard InChI is InChI=1S/C24H30N4O3/c1-14(24-10-15-7-16(11-24)9-17(8-15)12-24)26-20(29)13-28-23(31)19-6-4-3-5-18(19)21(27-28)22(30)25-2/h3-6,14-17H,7-13H2,1-2H3,(H,25,30)(H,26,29). The van der Waals surface area contributed by atoms with Gasteiger partial charge in [-0.25, -0.2) is 4.68 Å². The van der Waals surface area contributed by atoms with Crippen molar-refractivity contribution in [3.63, 3.8) is 0 Å². The molecule has 31 heavy (non-hydrogen) atoms. The van der Waals surface area contributed by atoms with Crippen molar-refractivity contribution in [3.8, 4) is 0 Å². The van der Waals surface area contributed by atoms with E-state index >= 15 is 0 Å². The maximum Gasteiger partial charge on any atom is 0.275 e. The van der Waals surface area contributed by atoms with Crippen molar-refractivity contribution in [2.24, 2.45) is 23.2 Å². The number of carbonyl (C=O) groups excluding carboxylic acids is 2. The molecule has 4 aliphatic rings.